The predicted molar refractivity (Wildman–Crippen MR) is 110 cm³/mol. The second kappa shape index (κ2) is 10.3. The van der Waals surface area contributed by atoms with Gasteiger partial charge >= 0.3 is 0 Å². The zero-order chi connectivity index (χ0) is 19.1. The van der Waals surface area contributed by atoms with Crippen LogP contribution in [-0.4, -0.2) is 29.2 Å². The number of halogens is 1. The van der Waals surface area contributed by atoms with E-state index in [9.17, 15) is 9.59 Å². The fraction of sp³-hybridized carbons (Fsp3) is 0.652. The van der Waals surface area contributed by atoms with Crippen LogP contribution in [-0.2, 0) is 16.0 Å². The Hall–Kier alpha value is -1.35. The van der Waals surface area contributed by atoms with Gasteiger partial charge in [0.2, 0.25) is 5.91 Å². The molecule has 1 aromatic carbocycles. The highest BCUT2D eigenvalue weighted by Gasteiger charge is 2.35. The van der Waals surface area contributed by atoms with Crippen LogP contribution in [0, 0.1) is 5.92 Å². The van der Waals surface area contributed by atoms with Crippen LogP contribution in [0.3, 0.4) is 0 Å². The van der Waals surface area contributed by atoms with Crippen molar-refractivity contribution in [1.82, 2.24) is 4.90 Å². The maximum Gasteiger partial charge on any atom is 0.222 e. The topological polar surface area (TPSA) is 37.4 Å². The Labute approximate surface area is 168 Å². The molecule has 0 N–H and O–H groups in total. The second-order valence-electron chi connectivity index (χ2n) is 8.21. The molecule has 0 radical (unpaired) electrons. The van der Waals surface area contributed by atoms with Crippen LogP contribution in [0.5, 0.6) is 0 Å². The van der Waals surface area contributed by atoms with Gasteiger partial charge in [0.15, 0.2) is 0 Å². The zero-order valence-electron chi connectivity index (χ0n) is 16.3. The maximum atomic E-state index is 12.7. The number of piperidine rings is 1. The first kappa shape index (κ1) is 20.4. The third kappa shape index (κ3) is 6.07. The number of nitrogens with zero attached hydrogens (tertiary/aromatic N) is 1. The molecule has 0 aromatic heterocycles. The molecule has 1 aliphatic heterocycles. The van der Waals surface area contributed by atoms with Gasteiger partial charge in [-0.3, -0.25) is 9.59 Å². The van der Waals surface area contributed by atoms with Crippen LogP contribution >= 0.6 is 11.6 Å². The van der Waals surface area contributed by atoms with E-state index in [-0.39, 0.29) is 11.7 Å². The van der Waals surface area contributed by atoms with Gasteiger partial charge in [-0.25, -0.2) is 0 Å². The lowest BCUT2D eigenvalue weighted by atomic mass is 9.78. The lowest BCUT2D eigenvalue weighted by Crippen LogP contribution is -2.49. The number of aryl methyl sites for hydroxylation is 1. The first-order chi connectivity index (χ1) is 13.1. The van der Waals surface area contributed by atoms with E-state index in [0.717, 1.165) is 36.7 Å². The molecule has 1 saturated heterocycles. The average molecular weight is 390 g/mol. The Morgan fingerprint density at radius 2 is 1.63 bits per heavy atom. The molecule has 3 nitrogen and oxygen atoms in total. The van der Waals surface area contributed by atoms with Crippen LogP contribution in [0.1, 0.15) is 76.2 Å². The average Bonchev–Trinajstić information content (AvgIpc) is 2.69. The number of Topliss-reactive ketones (excluding diaryl/α,β-unsaturated/α-hetero) is 1. The minimum absolute atomic E-state index is 0.278. The van der Waals surface area contributed by atoms with E-state index in [1.807, 2.05) is 24.3 Å². The van der Waals surface area contributed by atoms with Crippen molar-refractivity contribution < 1.29 is 9.59 Å². The van der Waals surface area contributed by atoms with E-state index in [0.29, 0.717) is 31.7 Å². The third-order valence-electron chi connectivity index (χ3n) is 6.24. The van der Waals surface area contributed by atoms with Gasteiger partial charge in [-0.15, -0.1) is 0 Å². The fourth-order valence-corrected chi connectivity index (χ4v) is 4.91. The summed E-state index contributed by atoms with van der Waals surface area (Å²) < 4.78 is 0. The van der Waals surface area contributed by atoms with Crippen molar-refractivity contribution in [3.63, 3.8) is 0 Å². The van der Waals surface area contributed by atoms with Gasteiger partial charge in [0.1, 0.15) is 5.78 Å². The van der Waals surface area contributed by atoms with Crippen molar-refractivity contribution in [2.24, 2.45) is 5.92 Å². The highest BCUT2D eigenvalue weighted by atomic mass is 35.5. The Balaban J connectivity index is 1.33. The normalized spacial score (nSPS) is 22.3. The summed E-state index contributed by atoms with van der Waals surface area (Å²) in [6.45, 7) is 0.926. The number of fused-ring (bicyclic) bond motifs is 1. The molecule has 2 atom stereocenters. The van der Waals surface area contributed by atoms with E-state index in [1.165, 1.54) is 37.7 Å². The molecule has 3 rings (SSSR count). The molecule has 1 amide bonds. The molecule has 2 aliphatic rings. The van der Waals surface area contributed by atoms with Gasteiger partial charge in [-0.2, -0.15) is 0 Å². The highest BCUT2D eigenvalue weighted by Crippen LogP contribution is 2.35. The van der Waals surface area contributed by atoms with Gasteiger partial charge in [0.05, 0.1) is 0 Å². The number of hydrogen-bond acceptors (Lipinski definition) is 2. The van der Waals surface area contributed by atoms with E-state index in [4.69, 9.17) is 11.6 Å². The molecular formula is C23H32ClNO2. The van der Waals surface area contributed by atoms with Crippen LogP contribution < -0.4 is 0 Å². The summed E-state index contributed by atoms with van der Waals surface area (Å²) in [5.74, 6) is 1.29. The molecule has 4 heteroatoms. The SMILES string of the molecule is O=C(CCCC(=O)N1CCCC2CCCCC21)CCCc1ccc(Cl)cc1. The number of hydrogen-bond donors (Lipinski definition) is 0. The quantitative estimate of drug-likeness (QED) is 0.581. The summed E-state index contributed by atoms with van der Waals surface area (Å²) in [5.41, 5.74) is 1.22. The molecule has 1 heterocycles. The van der Waals surface area contributed by atoms with Crippen molar-refractivity contribution in [3.8, 4) is 0 Å². The van der Waals surface area contributed by atoms with Gasteiger partial charge < -0.3 is 4.90 Å². The molecule has 2 fully saturated rings. The number of carbonyl (C=O) groups excluding carboxylic acids is 2. The van der Waals surface area contributed by atoms with E-state index in [1.54, 1.807) is 0 Å². The summed E-state index contributed by atoms with van der Waals surface area (Å²) in [6.07, 6.45) is 11.6. The number of benzene rings is 1. The molecule has 1 aliphatic carbocycles. The molecule has 1 saturated carbocycles. The maximum absolute atomic E-state index is 12.7. The van der Waals surface area contributed by atoms with Crippen molar-refractivity contribution in [1.29, 1.82) is 0 Å². The monoisotopic (exact) mass is 389 g/mol. The molecule has 1 aromatic rings. The number of rotatable bonds is 8. The third-order valence-corrected chi connectivity index (χ3v) is 6.50. The summed E-state index contributed by atoms with van der Waals surface area (Å²) in [7, 11) is 0. The van der Waals surface area contributed by atoms with Crippen LogP contribution in [0.2, 0.25) is 5.02 Å². The standard InChI is InChI=1S/C23H32ClNO2/c24-20-15-13-18(14-16-20)6-3-9-21(26)10-4-12-23(27)25-17-5-8-19-7-1-2-11-22(19)25/h13-16,19,22H,1-12,17H2. The van der Waals surface area contributed by atoms with Gasteiger partial charge in [0.25, 0.3) is 0 Å². The van der Waals surface area contributed by atoms with Crippen molar-refractivity contribution in [3.05, 3.63) is 34.9 Å². The van der Waals surface area contributed by atoms with Crippen LogP contribution in [0.15, 0.2) is 24.3 Å². The number of carbonyl (C=O) groups is 2. The molecule has 27 heavy (non-hydrogen) atoms. The molecule has 0 spiro atoms. The van der Waals surface area contributed by atoms with E-state index in [2.05, 4.69) is 4.90 Å². The summed E-state index contributed by atoms with van der Waals surface area (Å²) in [5, 5.41) is 0.743. The Bertz CT molecular complexity index is 626. The molecular weight excluding hydrogens is 358 g/mol. The predicted octanol–water partition coefficient (Wildman–Crippen LogP) is 5.58. The number of likely N-dealkylation sites (tertiary alicyclic amines) is 1. The van der Waals surface area contributed by atoms with Gasteiger partial charge in [-0.05, 0) is 68.6 Å². The molecule has 0 bridgehead atoms. The summed E-state index contributed by atoms with van der Waals surface area (Å²) in [6, 6.07) is 8.30. The second-order valence-corrected chi connectivity index (χ2v) is 8.65. The lowest BCUT2D eigenvalue weighted by molar-refractivity contribution is -0.137. The first-order valence-electron chi connectivity index (χ1n) is 10.7. The highest BCUT2D eigenvalue weighted by molar-refractivity contribution is 6.30. The Morgan fingerprint density at radius 1 is 0.926 bits per heavy atom. The van der Waals surface area contributed by atoms with Crippen molar-refractivity contribution in [2.75, 3.05) is 6.54 Å². The van der Waals surface area contributed by atoms with Crippen LogP contribution in [0.25, 0.3) is 0 Å². The Morgan fingerprint density at radius 3 is 2.44 bits per heavy atom. The van der Waals surface area contributed by atoms with Gasteiger partial charge in [-0.1, -0.05) is 36.6 Å². The molecule has 2 unspecified atom stereocenters. The Kier molecular flexibility index (Phi) is 7.75. The summed E-state index contributed by atoms with van der Waals surface area (Å²) >= 11 is 5.89. The fourth-order valence-electron chi connectivity index (χ4n) is 4.78. The van der Waals surface area contributed by atoms with E-state index < -0.39 is 0 Å². The number of ketones is 1. The summed E-state index contributed by atoms with van der Waals surface area (Å²) in [4.78, 5) is 26.9. The van der Waals surface area contributed by atoms with Gasteiger partial charge in [0, 0.05) is 36.9 Å². The lowest BCUT2D eigenvalue weighted by Gasteiger charge is -2.44. The molecule has 148 valence electrons. The van der Waals surface area contributed by atoms with E-state index >= 15 is 0 Å². The first-order valence-corrected chi connectivity index (χ1v) is 11.1. The minimum atomic E-state index is 0.278. The largest absolute Gasteiger partial charge is 0.339 e. The number of amides is 1. The zero-order valence-corrected chi connectivity index (χ0v) is 17.1. The smallest absolute Gasteiger partial charge is 0.222 e. The van der Waals surface area contributed by atoms with Crippen molar-refractivity contribution >= 4 is 23.3 Å². The minimum Gasteiger partial charge on any atom is -0.339 e. The van der Waals surface area contributed by atoms with Crippen LogP contribution in [0.4, 0.5) is 0 Å². The van der Waals surface area contributed by atoms with Crippen molar-refractivity contribution in [2.45, 2.75) is 83.1 Å².